The van der Waals surface area contributed by atoms with Crippen LogP contribution in [0.5, 0.6) is 28.7 Å². The van der Waals surface area contributed by atoms with Crippen LogP contribution in [0.15, 0.2) is 0 Å². The number of rotatable bonds is 15. The van der Waals surface area contributed by atoms with Crippen LogP contribution in [0.4, 0.5) is 110 Å². The summed E-state index contributed by atoms with van der Waals surface area (Å²) in [5.74, 6) is -78.6. The molecule has 0 aliphatic heterocycles. The maximum atomic E-state index is 15.0. The number of benzene rings is 6. The van der Waals surface area contributed by atoms with Crippen molar-refractivity contribution in [2.75, 3.05) is 0 Å². The lowest BCUT2D eigenvalue weighted by Gasteiger charge is -2.25. The summed E-state index contributed by atoms with van der Waals surface area (Å²) in [5, 5.41) is 0. The average molecular weight is 1070 g/mol. The summed E-state index contributed by atoms with van der Waals surface area (Å²) in [5.41, 5.74) is -11.7. The van der Waals surface area contributed by atoms with Crippen molar-refractivity contribution in [3.63, 3.8) is 0 Å². The minimum Gasteiger partial charge on any atom is -0.484 e. The normalized spacial score (nSPS) is 11.5. The van der Waals surface area contributed by atoms with Gasteiger partial charge in [0.05, 0.1) is 27.8 Å². The lowest BCUT2D eigenvalue weighted by molar-refractivity contribution is 0.188. The van der Waals surface area contributed by atoms with Crippen molar-refractivity contribution >= 4 is 0 Å². The number of ether oxygens (including phenoxy) is 5. The second kappa shape index (κ2) is 20.4. The fourth-order valence-electron chi connectivity index (χ4n) is 6.10. The molecule has 0 aromatic heterocycles. The van der Waals surface area contributed by atoms with Crippen molar-refractivity contribution in [3.8, 4) is 28.7 Å². The van der Waals surface area contributed by atoms with Crippen molar-refractivity contribution in [2.45, 2.75) is 40.0 Å². The SMILES string of the molecule is Cc1c(OCc2c(F)c(F)c(F)c(F)c2F)c(OCc2c(F)c(F)c(F)c(F)c2F)c(OCc2c(F)c(F)c(F)c(F)c2F)c(OCc2c(F)c(F)c(F)c(F)c2F)c1OCc1c(F)c(F)c(F)c(F)c1F. The zero-order valence-corrected chi connectivity index (χ0v) is 34.0. The first-order valence-corrected chi connectivity index (χ1v) is 18.5. The van der Waals surface area contributed by atoms with Gasteiger partial charge < -0.3 is 23.7 Å². The zero-order valence-electron chi connectivity index (χ0n) is 34.0. The summed E-state index contributed by atoms with van der Waals surface area (Å²) in [6.07, 6.45) is 0. The van der Waals surface area contributed by atoms with E-state index in [4.69, 9.17) is 23.7 Å². The highest BCUT2D eigenvalue weighted by Gasteiger charge is 2.36. The molecule has 0 saturated carbocycles. The molecule has 0 heterocycles. The summed E-state index contributed by atoms with van der Waals surface area (Å²) in [6, 6.07) is 0. The van der Waals surface area contributed by atoms with E-state index < -0.39 is 241 Å². The van der Waals surface area contributed by atoms with Crippen molar-refractivity contribution in [3.05, 3.63) is 179 Å². The second-order valence-electron chi connectivity index (χ2n) is 14.0. The van der Waals surface area contributed by atoms with Gasteiger partial charge in [0.2, 0.25) is 46.3 Å². The highest BCUT2D eigenvalue weighted by molar-refractivity contribution is 5.70. The highest BCUT2D eigenvalue weighted by atomic mass is 19.2. The Hall–Kier alpha value is -7.43. The minimum absolute atomic E-state index is 0.409. The molecular formula is C42H13F25O5. The van der Waals surface area contributed by atoms with E-state index in [2.05, 4.69) is 0 Å². The maximum Gasteiger partial charge on any atom is 0.211 e. The lowest BCUT2D eigenvalue weighted by Crippen LogP contribution is -2.16. The van der Waals surface area contributed by atoms with E-state index in [-0.39, 0.29) is 0 Å². The van der Waals surface area contributed by atoms with Gasteiger partial charge in [-0.1, -0.05) is 0 Å². The molecule has 0 radical (unpaired) electrons. The van der Waals surface area contributed by atoms with Crippen LogP contribution in [0.3, 0.4) is 0 Å². The van der Waals surface area contributed by atoms with Crippen LogP contribution in [-0.4, -0.2) is 0 Å². The van der Waals surface area contributed by atoms with Crippen LogP contribution >= 0.6 is 0 Å². The lowest BCUT2D eigenvalue weighted by atomic mass is 10.1. The Morgan fingerprint density at radius 1 is 0.181 bits per heavy atom. The molecule has 6 rings (SSSR count). The molecular weight excluding hydrogens is 1060 g/mol. The minimum atomic E-state index is -2.87. The Morgan fingerprint density at radius 2 is 0.292 bits per heavy atom. The van der Waals surface area contributed by atoms with E-state index in [0.29, 0.717) is 6.92 Å². The molecule has 0 bridgehead atoms. The summed E-state index contributed by atoms with van der Waals surface area (Å²) < 4.78 is 388. The van der Waals surface area contributed by atoms with E-state index in [9.17, 15) is 101 Å². The molecule has 0 amide bonds. The van der Waals surface area contributed by atoms with Crippen LogP contribution in [0.2, 0.25) is 0 Å². The van der Waals surface area contributed by atoms with E-state index in [1.807, 2.05) is 0 Å². The third-order valence-corrected chi connectivity index (χ3v) is 9.81. The topological polar surface area (TPSA) is 46.2 Å². The first-order chi connectivity index (χ1) is 33.6. The maximum absolute atomic E-state index is 15.0. The van der Waals surface area contributed by atoms with E-state index in [1.165, 1.54) is 0 Å². The van der Waals surface area contributed by atoms with E-state index in [0.717, 1.165) is 0 Å². The number of halogens is 25. The third kappa shape index (κ3) is 9.09. The highest BCUT2D eigenvalue weighted by Crippen LogP contribution is 2.55. The Kier molecular flexibility index (Phi) is 15.2. The molecule has 0 N–H and O–H groups in total. The Balaban J connectivity index is 1.72. The van der Waals surface area contributed by atoms with Crippen LogP contribution in [0, 0.1) is 152 Å². The van der Waals surface area contributed by atoms with E-state index in [1.54, 1.807) is 0 Å². The number of hydrogen-bond acceptors (Lipinski definition) is 5. The standard InChI is InChI=1S/C42H13F25O5/c1-7-38(68-2-8-13(43)23(53)33(63)24(54)14(8)44)40(70-4-10-17(47)27(57)35(65)28(58)18(10)48)42(72-6-12-21(51)31(61)37(67)32(62)22(12)52)41(71-5-11-19(49)29(59)36(66)30(60)20(11)50)39(7)69-3-9-15(45)25(55)34(64)26(56)16(9)46/h2-6H2,1H3. The molecule has 0 fully saturated rings. The quantitative estimate of drug-likeness (QED) is 0.0583. The molecule has 6 aromatic carbocycles. The fraction of sp³-hybridized carbons (Fsp3) is 0.143. The van der Waals surface area contributed by atoms with Crippen molar-refractivity contribution in [1.82, 2.24) is 0 Å². The van der Waals surface area contributed by atoms with Gasteiger partial charge in [0.25, 0.3) is 0 Å². The average Bonchev–Trinajstić information content (AvgIpc) is 3.36. The van der Waals surface area contributed by atoms with Crippen LogP contribution < -0.4 is 23.7 Å². The zero-order chi connectivity index (χ0) is 53.9. The molecule has 0 atom stereocenters. The van der Waals surface area contributed by atoms with Gasteiger partial charge >= 0.3 is 0 Å². The molecule has 30 heteroatoms. The van der Waals surface area contributed by atoms with Gasteiger partial charge in [0, 0.05) is 5.56 Å². The fourth-order valence-corrected chi connectivity index (χ4v) is 6.10. The van der Waals surface area contributed by atoms with Crippen LogP contribution in [-0.2, 0) is 33.0 Å². The smallest absolute Gasteiger partial charge is 0.211 e. The van der Waals surface area contributed by atoms with Crippen LogP contribution in [0.1, 0.15) is 33.4 Å². The third-order valence-electron chi connectivity index (χ3n) is 9.81. The molecule has 0 spiro atoms. The second-order valence-corrected chi connectivity index (χ2v) is 14.0. The largest absolute Gasteiger partial charge is 0.484 e. The molecule has 386 valence electrons. The van der Waals surface area contributed by atoms with Gasteiger partial charge in [0.1, 0.15) is 33.0 Å². The predicted molar refractivity (Wildman–Crippen MR) is 184 cm³/mol. The molecule has 0 aliphatic carbocycles. The van der Waals surface area contributed by atoms with Crippen molar-refractivity contribution < 1.29 is 133 Å². The Bertz CT molecular complexity index is 2920. The molecule has 6 aromatic rings. The molecule has 72 heavy (non-hydrogen) atoms. The summed E-state index contributed by atoms with van der Waals surface area (Å²) in [7, 11) is 0. The van der Waals surface area contributed by atoms with Gasteiger partial charge in [-0.3, -0.25) is 0 Å². The molecule has 5 nitrogen and oxygen atoms in total. The van der Waals surface area contributed by atoms with E-state index >= 15 is 8.78 Å². The van der Waals surface area contributed by atoms with Gasteiger partial charge in [-0.2, -0.15) is 0 Å². The first kappa shape index (κ1) is 53.9. The summed E-state index contributed by atoms with van der Waals surface area (Å²) in [4.78, 5) is 0. The van der Waals surface area contributed by atoms with Gasteiger partial charge in [-0.05, 0) is 6.92 Å². The van der Waals surface area contributed by atoms with Crippen LogP contribution in [0.25, 0.3) is 0 Å². The Morgan fingerprint density at radius 3 is 0.444 bits per heavy atom. The van der Waals surface area contributed by atoms with Crippen molar-refractivity contribution in [2.24, 2.45) is 0 Å². The summed E-state index contributed by atoms with van der Waals surface area (Å²) >= 11 is 0. The molecule has 0 aliphatic rings. The van der Waals surface area contributed by atoms with Crippen molar-refractivity contribution in [1.29, 1.82) is 0 Å². The molecule has 0 saturated heterocycles. The Labute approximate surface area is 381 Å². The monoisotopic (exact) mass is 1070 g/mol. The number of hydrogen-bond donors (Lipinski definition) is 0. The van der Waals surface area contributed by atoms with Gasteiger partial charge in [0.15, 0.2) is 128 Å². The molecule has 0 unspecified atom stereocenters. The van der Waals surface area contributed by atoms with Gasteiger partial charge in [-0.25, -0.2) is 110 Å². The van der Waals surface area contributed by atoms with Gasteiger partial charge in [-0.15, -0.1) is 0 Å². The first-order valence-electron chi connectivity index (χ1n) is 18.5. The predicted octanol–water partition coefficient (Wildman–Crippen LogP) is 13.4. The summed E-state index contributed by atoms with van der Waals surface area (Å²) in [6.45, 7) is -10.5.